The lowest BCUT2D eigenvalue weighted by Crippen LogP contribution is -2.26. The summed E-state index contributed by atoms with van der Waals surface area (Å²) in [6, 6.07) is 15.3. The van der Waals surface area contributed by atoms with Crippen molar-refractivity contribution in [3.8, 4) is 0 Å². The van der Waals surface area contributed by atoms with Crippen molar-refractivity contribution < 1.29 is 13.2 Å². The fraction of sp³-hybridized carbons (Fsp3) is 0.188. The lowest BCUT2D eigenvalue weighted by Gasteiger charge is -2.14. The zero-order valence-electron chi connectivity index (χ0n) is 12.4. The fourth-order valence-electron chi connectivity index (χ4n) is 2.01. The molecule has 0 saturated heterocycles. The van der Waals surface area contributed by atoms with Gasteiger partial charge < -0.3 is 5.32 Å². The first-order valence-corrected chi connectivity index (χ1v) is 8.32. The Labute approximate surface area is 130 Å². The molecule has 0 saturated carbocycles. The van der Waals surface area contributed by atoms with Crippen LogP contribution in [0.25, 0.3) is 0 Å². The van der Waals surface area contributed by atoms with Crippen LogP contribution < -0.4 is 10.0 Å². The minimum absolute atomic E-state index is 0.127. The molecule has 0 fully saturated rings. The predicted molar refractivity (Wildman–Crippen MR) is 85.0 cm³/mol. The molecule has 0 aliphatic rings. The SMILES string of the molecule is CNS(=O)(=O)c1ccc(C(=O)N[C@H](C)c2ccccc2)cc1. The van der Waals surface area contributed by atoms with Gasteiger partial charge in [-0.15, -0.1) is 0 Å². The third kappa shape index (κ3) is 3.72. The predicted octanol–water partition coefficient (Wildman–Crippen LogP) is 2.09. The molecular formula is C16H18N2O3S. The van der Waals surface area contributed by atoms with Gasteiger partial charge in [0, 0.05) is 5.56 Å². The molecule has 0 heterocycles. The number of sulfonamides is 1. The standard InChI is InChI=1S/C16H18N2O3S/c1-12(13-6-4-3-5-7-13)18-16(19)14-8-10-15(11-9-14)22(20,21)17-2/h3-12,17H,1-2H3,(H,18,19)/t12-/m1/s1. The van der Waals surface area contributed by atoms with Crippen LogP contribution in [-0.4, -0.2) is 21.4 Å². The van der Waals surface area contributed by atoms with Gasteiger partial charge in [-0.05, 0) is 43.8 Å². The first-order chi connectivity index (χ1) is 10.4. The number of hydrogen-bond acceptors (Lipinski definition) is 3. The van der Waals surface area contributed by atoms with Gasteiger partial charge in [0.1, 0.15) is 0 Å². The Morgan fingerprint density at radius 3 is 2.14 bits per heavy atom. The van der Waals surface area contributed by atoms with E-state index in [1.165, 1.54) is 31.3 Å². The number of amides is 1. The van der Waals surface area contributed by atoms with Crippen LogP contribution in [0.1, 0.15) is 28.9 Å². The highest BCUT2D eigenvalue weighted by atomic mass is 32.2. The molecule has 0 bridgehead atoms. The van der Waals surface area contributed by atoms with E-state index in [9.17, 15) is 13.2 Å². The van der Waals surface area contributed by atoms with Crippen molar-refractivity contribution in [1.82, 2.24) is 10.0 Å². The van der Waals surface area contributed by atoms with E-state index in [0.717, 1.165) is 5.56 Å². The Bertz CT molecular complexity index is 741. The average molecular weight is 318 g/mol. The summed E-state index contributed by atoms with van der Waals surface area (Å²) in [6.07, 6.45) is 0. The van der Waals surface area contributed by atoms with Gasteiger partial charge in [0.05, 0.1) is 10.9 Å². The maximum absolute atomic E-state index is 12.2. The Morgan fingerprint density at radius 2 is 1.59 bits per heavy atom. The van der Waals surface area contributed by atoms with Crippen LogP contribution in [0, 0.1) is 0 Å². The molecule has 0 radical (unpaired) electrons. The molecule has 22 heavy (non-hydrogen) atoms. The van der Waals surface area contributed by atoms with Crippen molar-refractivity contribution >= 4 is 15.9 Å². The van der Waals surface area contributed by atoms with Crippen molar-refractivity contribution in [2.75, 3.05) is 7.05 Å². The summed E-state index contributed by atoms with van der Waals surface area (Å²) in [5.74, 6) is -0.246. The molecule has 1 atom stereocenters. The number of carbonyl (C=O) groups is 1. The quantitative estimate of drug-likeness (QED) is 0.886. The third-order valence-corrected chi connectivity index (χ3v) is 4.77. The second kappa shape index (κ2) is 6.72. The maximum Gasteiger partial charge on any atom is 0.251 e. The summed E-state index contributed by atoms with van der Waals surface area (Å²) in [5.41, 5.74) is 1.42. The second-order valence-electron chi connectivity index (χ2n) is 4.84. The molecule has 1 amide bonds. The van der Waals surface area contributed by atoms with Crippen molar-refractivity contribution in [2.45, 2.75) is 17.9 Å². The van der Waals surface area contributed by atoms with Crippen molar-refractivity contribution in [3.63, 3.8) is 0 Å². The first kappa shape index (κ1) is 16.2. The largest absolute Gasteiger partial charge is 0.346 e. The first-order valence-electron chi connectivity index (χ1n) is 6.83. The molecule has 0 aliphatic carbocycles. The van der Waals surface area contributed by atoms with E-state index >= 15 is 0 Å². The van der Waals surface area contributed by atoms with Gasteiger partial charge in [0.2, 0.25) is 10.0 Å². The molecule has 2 aromatic carbocycles. The van der Waals surface area contributed by atoms with Crippen molar-refractivity contribution in [1.29, 1.82) is 0 Å². The Kier molecular flexibility index (Phi) is 4.95. The molecule has 0 spiro atoms. The highest BCUT2D eigenvalue weighted by molar-refractivity contribution is 7.89. The van der Waals surface area contributed by atoms with Crippen LogP contribution in [0.3, 0.4) is 0 Å². The van der Waals surface area contributed by atoms with E-state index < -0.39 is 10.0 Å². The van der Waals surface area contributed by atoms with Gasteiger partial charge in [-0.3, -0.25) is 4.79 Å². The van der Waals surface area contributed by atoms with Gasteiger partial charge >= 0.3 is 0 Å². The second-order valence-corrected chi connectivity index (χ2v) is 6.72. The molecule has 6 heteroatoms. The smallest absolute Gasteiger partial charge is 0.251 e. The van der Waals surface area contributed by atoms with Crippen molar-refractivity contribution in [3.05, 3.63) is 65.7 Å². The Hall–Kier alpha value is -2.18. The summed E-state index contributed by atoms with van der Waals surface area (Å²) >= 11 is 0. The van der Waals surface area contributed by atoms with Crippen LogP contribution in [0.4, 0.5) is 0 Å². The molecule has 2 aromatic rings. The van der Waals surface area contributed by atoms with E-state index in [4.69, 9.17) is 0 Å². The van der Waals surface area contributed by atoms with Gasteiger partial charge in [0.25, 0.3) is 5.91 Å². The number of nitrogens with one attached hydrogen (secondary N) is 2. The van der Waals surface area contributed by atoms with Gasteiger partial charge in [-0.1, -0.05) is 30.3 Å². The highest BCUT2D eigenvalue weighted by Crippen LogP contribution is 2.14. The van der Waals surface area contributed by atoms with E-state index in [-0.39, 0.29) is 16.8 Å². The van der Waals surface area contributed by atoms with Crippen LogP contribution >= 0.6 is 0 Å². The summed E-state index contributed by atoms with van der Waals surface area (Å²) in [7, 11) is -2.14. The summed E-state index contributed by atoms with van der Waals surface area (Å²) in [6.45, 7) is 1.90. The molecule has 5 nitrogen and oxygen atoms in total. The van der Waals surface area contributed by atoms with Crippen LogP contribution in [0.2, 0.25) is 0 Å². The average Bonchev–Trinajstić information content (AvgIpc) is 2.55. The Morgan fingerprint density at radius 1 is 1.00 bits per heavy atom. The minimum atomic E-state index is -3.49. The topological polar surface area (TPSA) is 75.3 Å². The number of rotatable bonds is 5. The van der Waals surface area contributed by atoms with Gasteiger partial charge in [0.15, 0.2) is 0 Å². The third-order valence-electron chi connectivity index (χ3n) is 3.34. The normalized spacial score (nSPS) is 12.6. The van der Waals surface area contributed by atoms with Crippen LogP contribution in [0.5, 0.6) is 0 Å². The number of benzene rings is 2. The molecule has 116 valence electrons. The molecule has 2 rings (SSSR count). The molecule has 2 N–H and O–H groups in total. The molecule has 0 aromatic heterocycles. The van der Waals surface area contributed by atoms with Gasteiger partial charge in [-0.25, -0.2) is 13.1 Å². The van der Waals surface area contributed by atoms with Gasteiger partial charge in [-0.2, -0.15) is 0 Å². The summed E-state index contributed by atoms with van der Waals surface area (Å²) in [4.78, 5) is 12.3. The summed E-state index contributed by atoms with van der Waals surface area (Å²) < 4.78 is 25.5. The monoisotopic (exact) mass is 318 g/mol. The maximum atomic E-state index is 12.2. The molecule has 0 unspecified atom stereocenters. The minimum Gasteiger partial charge on any atom is -0.346 e. The number of hydrogen-bond donors (Lipinski definition) is 2. The number of carbonyl (C=O) groups excluding carboxylic acids is 1. The molecule has 0 aliphatic heterocycles. The van der Waals surface area contributed by atoms with Crippen LogP contribution in [-0.2, 0) is 10.0 Å². The lowest BCUT2D eigenvalue weighted by atomic mass is 10.1. The Balaban J connectivity index is 2.11. The zero-order chi connectivity index (χ0) is 16.2. The summed E-state index contributed by atoms with van der Waals surface area (Å²) in [5, 5.41) is 2.88. The van der Waals surface area contributed by atoms with Crippen molar-refractivity contribution in [2.24, 2.45) is 0 Å². The van der Waals surface area contributed by atoms with E-state index in [2.05, 4.69) is 10.0 Å². The van der Waals surface area contributed by atoms with Crippen LogP contribution in [0.15, 0.2) is 59.5 Å². The fourth-order valence-corrected chi connectivity index (χ4v) is 2.74. The zero-order valence-corrected chi connectivity index (χ0v) is 13.2. The van der Waals surface area contributed by atoms with E-state index in [1.54, 1.807) is 0 Å². The molecular weight excluding hydrogens is 300 g/mol. The van der Waals surface area contributed by atoms with E-state index in [0.29, 0.717) is 5.56 Å². The highest BCUT2D eigenvalue weighted by Gasteiger charge is 2.14. The van der Waals surface area contributed by atoms with E-state index in [1.807, 2.05) is 37.3 Å². The lowest BCUT2D eigenvalue weighted by molar-refractivity contribution is 0.0940.